The molecular formula is C38H45N3O. The highest BCUT2D eigenvalue weighted by atomic mass is 16.5. The van der Waals surface area contributed by atoms with E-state index in [4.69, 9.17) is 9.73 Å². The summed E-state index contributed by atoms with van der Waals surface area (Å²) in [4.78, 5) is 7.48. The average Bonchev–Trinajstić information content (AvgIpc) is 3.24. The SMILES string of the molecule is COCCN1CCC(CCCc2ccc(NC3=CCC4=C(C=N3)CC(c3ccccc3C)c3ccccc34)cc2)CC1. The van der Waals surface area contributed by atoms with Gasteiger partial charge in [0.15, 0.2) is 0 Å². The van der Waals surface area contributed by atoms with Gasteiger partial charge in [0.1, 0.15) is 5.82 Å². The summed E-state index contributed by atoms with van der Waals surface area (Å²) in [7, 11) is 1.79. The first kappa shape index (κ1) is 28.6. The Morgan fingerprint density at radius 3 is 2.48 bits per heavy atom. The molecule has 3 aliphatic rings. The van der Waals surface area contributed by atoms with Gasteiger partial charge in [0, 0.05) is 31.5 Å². The largest absolute Gasteiger partial charge is 0.383 e. The number of anilines is 1. The maximum Gasteiger partial charge on any atom is 0.126 e. The minimum atomic E-state index is 0.364. The number of aliphatic imine (C=N–C) groups is 1. The molecule has 3 aromatic carbocycles. The Morgan fingerprint density at radius 1 is 0.929 bits per heavy atom. The molecular weight excluding hydrogens is 514 g/mol. The zero-order valence-corrected chi connectivity index (χ0v) is 25.3. The molecule has 0 spiro atoms. The minimum Gasteiger partial charge on any atom is -0.383 e. The van der Waals surface area contributed by atoms with E-state index in [-0.39, 0.29) is 0 Å². The number of likely N-dealkylation sites (tertiary alicyclic amines) is 1. The van der Waals surface area contributed by atoms with E-state index in [0.29, 0.717) is 5.92 Å². The highest BCUT2D eigenvalue weighted by Crippen LogP contribution is 2.44. The van der Waals surface area contributed by atoms with Crippen molar-refractivity contribution in [2.45, 2.75) is 57.8 Å². The molecule has 2 heterocycles. The van der Waals surface area contributed by atoms with Crippen molar-refractivity contribution >= 4 is 17.5 Å². The lowest BCUT2D eigenvalue weighted by atomic mass is 9.74. The van der Waals surface area contributed by atoms with Crippen LogP contribution in [-0.4, -0.2) is 44.5 Å². The van der Waals surface area contributed by atoms with Gasteiger partial charge in [-0.3, -0.25) is 0 Å². The number of benzene rings is 3. The van der Waals surface area contributed by atoms with Gasteiger partial charge < -0.3 is 15.0 Å². The molecule has 1 N–H and O–H groups in total. The number of ether oxygens (including phenoxy) is 1. The van der Waals surface area contributed by atoms with Gasteiger partial charge in [0.2, 0.25) is 0 Å². The first-order valence-corrected chi connectivity index (χ1v) is 15.9. The third-order valence-corrected chi connectivity index (χ3v) is 9.52. The van der Waals surface area contributed by atoms with Crippen molar-refractivity contribution in [2.24, 2.45) is 10.9 Å². The van der Waals surface area contributed by atoms with Gasteiger partial charge in [-0.05, 0) is 122 Å². The summed E-state index contributed by atoms with van der Waals surface area (Å²) in [5, 5.41) is 3.58. The zero-order chi connectivity index (χ0) is 28.7. The van der Waals surface area contributed by atoms with Crippen LogP contribution in [0.1, 0.15) is 72.3 Å². The van der Waals surface area contributed by atoms with Crippen molar-refractivity contribution in [3.8, 4) is 0 Å². The summed E-state index contributed by atoms with van der Waals surface area (Å²) >= 11 is 0. The van der Waals surface area contributed by atoms with Crippen LogP contribution in [0.15, 0.2) is 95.3 Å². The number of aryl methyl sites for hydroxylation is 2. The van der Waals surface area contributed by atoms with E-state index in [1.807, 2.05) is 0 Å². The standard InChI is InChI=1S/C38H45N3O/c1-28-8-3-4-11-33(28)37-26-31-27-39-38(19-18-34(31)35-12-5-6-13-36(35)37)40-32-16-14-29(15-17-32)9-7-10-30-20-22-41(23-21-30)24-25-42-2/h3-6,8,11-17,19,27,30,37,40H,7,9-10,18,20-26H2,1-2H3. The number of nitrogens with zero attached hydrogens (tertiary/aromatic N) is 2. The molecule has 4 nitrogen and oxygen atoms in total. The van der Waals surface area contributed by atoms with Crippen molar-refractivity contribution in [2.75, 3.05) is 38.7 Å². The summed E-state index contributed by atoms with van der Waals surface area (Å²) < 4.78 is 5.24. The topological polar surface area (TPSA) is 36.9 Å². The van der Waals surface area contributed by atoms with E-state index in [2.05, 4.69) is 102 Å². The third kappa shape index (κ3) is 6.77. The van der Waals surface area contributed by atoms with Crippen LogP contribution in [0.25, 0.3) is 5.57 Å². The molecule has 1 saturated heterocycles. The van der Waals surface area contributed by atoms with Crippen LogP contribution in [-0.2, 0) is 11.2 Å². The third-order valence-electron chi connectivity index (χ3n) is 9.52. The molecule has 218 valence electrons. The molecule has 1 atom stereocenters. The average molecular weight is 560 g/mol. The molecule has 1 fully saturated rings. The normalized spacial score (nSPS) is 19.2. The number of piperidine rings is 1. The Morgan fingerprint density at radius 2 is 1.69 bits per heavy atom. The van der Waals surface area contributed by atoms with Gasteiger partial charge >= 0.3 is 0 Å². The maximum atomic E-state index is 5.24. The quantitative estimate of drug-likeness (QED) is 0.271. The molecule has 4 heteroatoms. The van der Waals surface area contributed by atoms with E-state index < -0.39 is 0 Å². The van der Waals surface area contributed by atoms with E-state index >= 15 is 0 Å². The minimum absolute atomic E-state index is 0.364. The molecule has 0 amide bonds. The fourth-order valence-corrected chi connectivity index (χ4v) is 7.03. The van der Waals surface area contributed by atoms with Crippen LogP contribution in [0.4, 0.5) is 5.69 Å². The van der Waals surface area contributed by atoms with Gasteiger partial charge in [-0.1, -0.05) is 67.1 Å². The Kier molecular flexibility index (Phi) is 9.32. The molecule has 0 aromatic heterocycles. The lowest BCUT2D eigenvalue weighted by molar-refractivity contribution is 0.118. The number of fused-ring (bicyclic) bond motifs is 2. The van der Waals surface area contributed by atoms with Gasteiger partial charge in [-0.25, -0.2) is 4.99 Å². The summed E-state index contributed by atoms with van der Waals surface area (Å²) in [6.45, 7) is 6.61. The van der Waals surface area contributed by atoms with Crippen LogP contribution < -0.4 is 5.32 Å². The lowest BCUT2D eigenvalue weighted by Gasteiger charge is -2.31. The number of rotatable bonds is 10. The second kappa shape index (κ2) is 13.7. The number of nitrogens with one attached hydrogen (secondary N) is 1. The Bertz CT molecular complexity index is 1440. The van der Waals surface area contributed by atoms with Crippen molar-refractivity contribution in [1.82, 2.24) is 4.90 Å². The highest BCUT2D eigenvalue weighted by Gasteiger charge is 2.28. The van der Waals surface area contributed by atoms with Crippen LogP contribution in [0.3, 0.4) is 0 Å². The fraction of sp³-hybridized carbons (Fsp3) is 0.395. The Labute approximate surface area is 252 Å². The summed E-state index contributed by atoms with van der Waals surface area (Å²) in [6.07, 6.45) is 12.7. The molecule has 1 unspecified atom stereocenters. The summed E-state index contributed by atoms with van der Waals surface area (Å²) in [5.74, 6) is 2.17. The molecule has 42 heavy (non-hydrogen) atoms. The van der Waals surface area contributed by atoms with E-state index in [1.165, 1.54) is 77.7 Å². The number of methoxy groups -OCH3 is 1. The zero-order valence-electron chi connectivity index (χ0n) is 25.3. The molecule has 6 rings (SSSR count). The Hall–Kier alpha value is -3.47. The molecule has 0 radical (unpaired) electrons. The predicted molar refractivity (Wildman–Crippen MR) is 176 cm³/mol. The van der Waals surface area contributed by atoms with Crippen LogP contribution in [0, 0.1) is 12.8 Å². The molecule has 3 aromatic rings. The number of allylic oxidation sites excluding steroid dienone is 3. The second-order valence-electron chi connectivity index (χ2n) is 12.2. The Balaban J connectivity index is 1.04. The van der Waals surface area contributed by atoms with Crippen molar-refractivity contribution < 1.29 is 4.74 Å². The molecule has 0 bridgehead atoms. The predicted octanol–water partition coefficient (Wildman–Crippen LogP) is 8.39. The van der Waals surface area contributed by atoms with Crippen LogP contribution >= 0.6 is 0 Å². The first-order chi connectivity index (χ1) is 20.7. The van der Waals surface area contributed by atoms with E-state index in [1.54, 1.807) is 7.11 Å². The summed E-state index contributed by atoms with van der Waals surface area (Å²) in [5.41, 5.74) is 10.9. The van der Waals surface area contributed by atoms with Crippen molar-refractivity contribution in [3.05, 3.63) is 118 Å². The monoisotopic (exact) mass is 559 g/mol. The van der Waals surface area contributed by atoms with E-state index in [9.17, 15) is 0 Å². The van der Waals surface area contributed by atoms with Crippen LogP contribution in [0.2, 0.25) is 0 Å². The van der Waals surface area contributed by atoms with Gasteiger partial charge in [-0.2, -0.15) is 0 Å². The summed E-state index contributed by atoms with van der Waals surface area (Å²) in [6, 6.07) is 26.8. The van der Waals surface area contributed by atoms with Crippen LogP contribution in [0.5, 0.6) is 0 Å². The van der Waals surface area contributed by atoms with Gasteiger partial charge in [0.05, 0.1) is 6.61 Å². The first-order valence-electron chi connectivity index (χ1n) is 15.9. The van der Waals surface area contributed by atoms with Crippen molar-refractivity contribution in [1.29, 1.82) is 0 Å². The smallest absolute Gasteiger partial charge is 0.126 e. The highest BCUT2D eigenvalue weighted by molar-refractivity contribution is 5.95. The molecule has 2 aliphatic heterocycles. The number of hydrogen-bond acceptors (Lipinski definition) is 4. The number of hydrogen-bond donors (Lipinski definition) is 1. The fourth-order valence-electron chi connectivity index (χ4n) is 7.03. The maximum absolute atomic E-state index is 5.24. The van der Waals surface area contributed by atoms with E-state index in [0.717, 1.165) is 49.8 Å². The molecule has 1 aliphatic carbocycles. The second-order valence-corrected chi connectivity index (χ2v) is 12.2. The molecule has 0 saturated carbocycles. The van der Waals surface area contributed by atoms with Gasteiger partial charge in [-0.15, -0.1) is 0 Å². The van der Waals surface area contributed by atoms with Crippen molar-refractivity contribution in [3.63, 3.8) is 0 Å². The lowest BCUT2D eigenvalue weighted by Crippen LogP contribution is -2.35. The van der Waals surface area contributed by atoms with Gasteiger partial charge in [0.25, 0.3) is 0 Å².